The van der Waals surface area contributed by atoms with E-state index in [1.807, 2.05) is 0 Å². The molecule has 0 aromatic carbocycles. The number of hydrogen-bond acceptors (Lipinski definition) is 2. The van der Waals surface area contributed by atoms with Crippen LogP contribution in [-0.4, -0.2) is 30.8 Å². The predicted octanol–water partition coefficient (Wildman–Crippen LogP) is 2.28. The van der Waals surface area contributed by atoms with Crippen LogP contribution in [0.3, 0.4) is 0 Å². The molecule has 11 heavy (non-hydrogen) atoms. The van der Waals surface area contributed by atoms with Gasteiger partial charge in [-0.2, -0.15) is 12.6 Å². The molecule has 0 aromatic rings. The molecule has 68 valence electrons. The molecule has 0 fully saturated rings. The first kappa shape index (κ1) is 11.3. The van der Waals surface area contributed by atoms with Crippen molar-refractivity contribution < 1.29 is 0 Å². The third kappa shape index (κ3) is 5.57. The van der Waals surface area contributed by atoms with E-state index in [0.717, 1.165) is 11.7 Å². The van der Waals surface area contributed by atoms with E-state index >= 15 is 0 Å². The summed E-state index contributed by atoms with van der Waals surface area (Å²) in [5, 5.41) is 0. The first-order valence-corrected chi connectivity index (χ1v) is 4.98. The molecule has 0 saturated carbocycles. The van der Waals surface area contributed by atoms with Crippen molar-refractivity contribution in [2.75, 3.05) is 19.8 Å². The van der Waals surface area contributed by atoms with Gasteiger partial charge in [0.05, 0.1) is 0 Å². The van der Waals surface area contributed by atoms with E-state index in [-0.39, 0.29) is 0 Å². The number of thiol groups is 1. The second-order valence-corrected chi connectivity index (χ2v) is 4.21. The summed E-state index contributed by atoms with van der Waals surface area (Å²) in [7, 11) is 4.30. The fraction of sp³-hybridized carbons (Fsp3) is 1.00. The molecule has 0 aromatic heterocycles. The number of rotatable bonds is 5. The first-order valence-electron chi connectivity index (χ1n) is 4.35. The van der Waals surface area contributed by atoms with Crippen LogP contribution in [0.15, 0.2) is 0 Å². The van der Waals surface area contributed by atoms with E-state index < -0.39 is 0 Å². The summed E-state index contributed by atoms with van der Waals surface area (Å²) in [5.74, 6) is 1.79. The van der Waals surface area contributed by atoms with Gasteiger partial charge in [-0.1, -0.05) is 13.8 Å². The lowest BCUT2D eigenvalue weighted by atomic mass is 10.0. The molecule has 0 heterocycles. The minimum Gasteiger partial charge on any atom is -0.306 e. The SMILES string of the molecule is CC(C)CC(CCS)N(C)C. The second-order valence-electron chi connectivity index (χ2n) is 3.76. The van der Waals surface area contributed by atoms with Crippen molar-refractivity contribution in [3.05, 3.63) is 0 Å². The Morgan fingerprint density at radius 1 is 1.27 bits per heavy atom. The molecule has 0 radical (unpaired) electrons. The molecule has 0 amide bonds. The Balaban J connectivity index is 3.69. The van der Waals surface area contributed by atoms with Crippen molar-refractivity contribution in [3.63, 3.8) is 0 Å². The smallest absolute Gasteiger partial charge is 0.00993 e. The van der Waals surface area contributed by atoms with Crippen LogP contribution in [0.25, 0.3) is 0 Å². The third-order valence-electron chi connectivity index (χ3n) is 1.94. The highest BCUT2D eigenvalue weighted by Gasteiger charge is 2.11. The molecule has 0 rings (SSSR count). The maximum absolute atomic E-state index is 4.25. The van der Waals surface area contributed by atoms with Gasteiger partial charge in [0.1, 0.15) is 0 Å². The molecule has 2 heteroatoms. The van der Waals surface area contributed by atoms with Crippen molar-refractivity contribution in [1.82, 2.24) is 4.90 Å². The first-order chi connectivity index (χ1) is 5.07. The van der Waals surface area contributed by atoms with Gasteiger partial charge >= 0.3 is 0 Å². The molecule has 0 saturated heterocycles. The van der Waals surface area contributed by atoms with Crippen LogP contribution in [0, 0.1) is 5.92 Å². The lowest BCUT2D eigenvalue weighted by Gasteiger charge is -2.25. The lowest BCUT2D eigenvalue weighted by Crippen LogP contribution is -2.29. The van der Waals surface area contributed by atoms with Gasteiger partial charge in [-0.05, 0) is 38.6 Å². The summed E-state index contributed by atoms with van der Waals surface area (Å²) in [6, 6.07) is 0.715. The maximum Gasteiger partial charge on any atom is 0.00993 e. The highest BCUT2D eigenvalue weighted by Crippen LogP contribution is 2.12. The minimum atomic E-state index is 0.715. The molecule has 1 atom stereocenters. The topological polar surface area (TPSA) is 3.24 Å². The average molecular weight is 175 g/mol. The van der Waals surface area contributed by atoms with Crippen molar-refractivity contribution >= 4 is 12.6 Å². The molecular weight excluding hydrogens is 154 g/mol. The Morgan fingerprint density at radius 2 is 1.82 bits per heavy atom. The van der Waals surface area contributed by atoms with E-state index in [1.165, 1.54) is 12.8 Å². The molecule has 0 bridgehead atoms. The van der Waals surface area contributed by atoms with Crippen molar-refractivity contribution in [2.24, 2.45) is 5.92 Å². The predicted molar refractivity (Wildman–Crippen MR) is 55.4 cm³/mol. The summed E-state index contributed by atoms with van der Waals surface area (Å²) < 4.78 is 0. The standard InChI is InChI=1S/C9H21NS/c1-8(2)7-9(5-6-11)10(3)4/h8-9,11H,5-7H2,1-4H3. The Labute approximate surface area is 76.6 Å². The van der Waals surface area contributed by atoms with E-state index in [4.69, 9.17) is 0 Å². The van der Waals surface area contributed by atoms with E-state index in [1.54, 1.807) is 0 Å². The number of hydrogen-bond donors (Lipinski definition) is 1. The summed E-state index contributed by atoms with van der Waals surface area (Å²) in [6.45, 7) is 4.55. The van der Waals surface area contributed by atoms with Crippen LogP contribution in [0.5, 0.6) is 0 Å². The van der Waals surface area contributed by atoms with E-state index in [0.29, 0.717) is 6.04 Å². The summed E-state index contributed by atoms with van der Waals surface area (Å²) in [6.07, 6.45) is 2.49. The van der Waals surface area contributed by atoms with Gasteiger partial charge in [0, 0.05) is 6.04 Å². The quantitative estimate of drug-likeness (QED) is 0.627. The Kier molecular flexibility index (Phi) is 6.06. The maximum atomic E-state index is 4.25. The molecular formula is C9H21NS. The lowest BCUT2D eigenvalue weighted by molar-refractivity contribution is 0.250. The van der Waals surface area contributed by atoms with Crippen LogP contribution >= 0.6 is 12.6 Å². The normalized spacial score (nSPS) is 14.5. The largest absolute Gasteiger partial charge is 0.306 e. The highest BCUT2D eigenvalue weighted by atomic mass is 32.1. The van der Waals surface area contributed by atoms with Crippen molar-refractivity contribution in [3.8, 4) is 0 Å². The molecule has 1 unspecified atom stereocenters. The zero-order valence-electron chi connectivity index (χ0n) is 8.17. The summed E-state index contributed by atoms with van der Waals surface area (Å²) in [4.78, 5) is 2.30. The third-order valence-corrected chi connectivity index (χ3v) is 2.19. The van der Waals surface area contributed by atoms with E-state index in [2.05, 4.69) is 45.5 Å². The van der Waals surface area contributed by atoms with Crippen LogP contribution in [0.2, 0.25) is 0 Å². The van der Waals surface area contributed by atoms with Gasteiger partial charge in [0.25, 0.3) is 0 Å². The molecule has 1 nitrogen and oxygen atoms in total. The van der Waals surface area contributed by atoms with Crippen LogP contribution < -0.4 is 0 Å². The van der Waals surface area contributed by atoms with Gasteiger partial charge in [-0.3, -0.25) is 0 Å². The zero-order chi connectivity index (χ0) is 8.85. The summed E-state index contributed by atoms with van der Waals surface area (Å²) in [5.41, 5.74) is 0. The fourth-order valence-electron chi connectivity index (χ4n) is 1.28. The van der Waals surface area contributed by atoms with Crippen LogP contribution in [0.4, 0.5) is 0 Å². The van der Waals surface area contributed by atoms with Crippen LogP contribution in [-0.2, 0) is 0 Å². The fourth-order valence-corrected chi connectivity index (χ4v) is 1.58. The van der Waals surface area contributed by atoms with Crippen molar-refractivity contribution in [1.29, 1.82) is 0 Å². The zero-order valence-corrected chi connectivity index (χ0v) is 9.06. The van der Waals surface area contributed by atoms with E-state index in [9.17, 15) is 0 Å². The molecule has 0 aliphatic rings. The van der Waals surface area contributed by atoms with Gasteiger partial charge < -0.3 is 4.90 Å². The Hall–Kier alpha value is 0.310. The highest BCUT2D eigenvalue weighted by molar-refractivity contribution is 7.80. The molecule has 0 aliphatic carbocycles. The molecule has 0 aliphatic heterocycles. The summed E-state index contributed by atoms with van der Waals surface area (Å²) >= 11 is 4.25. The number of nitrogens with zero attached hydrogens (tertiary/aromatic N) is 1. The van der Waals surface area contributed by atoms with Gasteiger partial charge in [0.15, 0.2) is 0 Å². The monoisotopic (exact) mass is 175 g/mol. The van der Waals surface area contributed by atoms with Crippen LogP contribution in [0.1, 0.15) is 26.7 Å². The van der Waals surface area contributed by atoms with Gasteiger partial charge in [-0.15, -0.1) is 0 Å². The second kappa shape index (κ2) is 5.90. The van der Waals surface area contributed by atoms with Gasteiger partial charge in [0.2, 0.25) is 0 Å². The minimum absolute atomic E-state index is 0.715. The Bertz CT molecular complexity index is 91.6. The molecule has 0 N–H and O–H groups in total. The molecule has 0 spiro atoms. The van der Waals surface area contributed by atoms with Gasteiger partial charge in [-0.25, -0.2) is 0 Å². The average Bonchev–Trinajstić information content (AvgIpc) is 1.86. The van der Waals surface area contributed by atoms with Crippen molar-refractivity contribution in [2.45, 2.75) is 32.7 Å². The Morgan fingerprint density at radius 3 is 2.09 bits per heavy atom.